The maximum atomic E-state index is 13.8. The van der Waals surface area contributed by atoms with Gasteiger partial charge in [-0.1, -0.05) is 72.3 Å². The average Bonchev–Trinajstić information content (AvgIpc) is 3.68. The van der Waals surface area contributed by atoms with Crippen LogP contribution in [0.5, 0.6) is 0 Å². The molecule has 5 rings (SSSR count). The Hall–Kier alpha value is -2.88. The third-order valence-electron chi connectivity index (χ3n) is 6.28. The maximum absolute atomic E-state index is 13.8. The van der Waals surface area contributed by atoms with Crippen molar-refractivity contribution in [3.63, 3.8) is 0 Å². The van der Waals surface area contributed by atoms with E-state index in [0.717, 1.165) is 42.5 Å². The Morgan fingerprint density at radius 1 is 0.906 bits per heavy atom. The Kier molecular flexibility index (Phi) is 6.11. The van der Waals surface area contributed by atoms with E-state index in [1.165, 1.54) is 16.7 Å². The van der Waals surface area contributed by atoms with Gasteiger partial charge in [0.25, 0.3) is 5.91 Å². The number of nitrogens with one attached hydrogen (secondary N) is 1. The van der Waals surface area contributed by atoms with Crippen LogP contribution >= 0.6 is 11.6 Å². The molecule has 3 nitrogen and oxygen atoms in total. The van der Waals surface area contributed by atoms with Crippen LogP contribution in [-0.2, 0) is 11.3 Å². The molecule has 0 spiro atoms. The van der Waals surface area contributed by atoms with Crippen LogP contribution in [0.1, 0.15) is 30.4 Å². The predicted molar refractivity (Wildman–Crippen MR) is 131 cm³/mol. The largest absolute Gasteiger partial charge is 0.332 e. The van der Waals surface area contributed by atoms with Gasteiger partial charge in [-0.25, -0.2) is 0 Å². The highest BCUT2D eigenvalue weighted by Crippen LogP contribution is 2.34. The minimum atomic E-state index is 0.153. The van der Waals surface area contributed by atoms with Gasteiger partial charge in [0.15, 0.2) is 0 Å². The van der Waals surface area contributed by atoms with Crippen molar-refractivity contribution in [3.05, 3.63) is 101 Å². The van der Waals surface area contributed by atoms with E-state index in [1.54, 1.807) is 0 Å². The minimum Gasteiger partial charge on any atom is -0.332 e. The zero-order chi connectivity index (χ0) is 21.9. The van der Waals surface area contributed by atoms with Gasteiger partial charge in [-0.15, -0.1) is 0 Å². The van der Waals surface area contributed by atoms with E-state index in [9.17, 15) is 4.79 Å². The van der Waals surface area contributed by atoms with Gasteiger partial charge in [-0.2, -0.15) is 0 Å². The van der Waals surface area contributed by atoms with Crippen LogP contribution in [0.2, 0.25) is 5.02 Å². The molecule has 1 saturated carbocycles. The van der Waals surface area contributed by atoms with Crippen molar-refractivity contribution in [2.75, 3.05) is 13.1 Å². The number of carbonyl (C=O) groups excluding carboxylic acids is 1. The molecule has 0 saturated heterocycles. The van der Waals surface area contributed by atoms with Crippen LogP contribution in [-0.4, -0.2) is 29.9 Å². The second-order valence-electron chi connectivity index (χ2n) is 8.62. The quantitative estimate of drug-likeness (QED) is 0.512. The van der Waals surface area contributed by atoms with E-state index >= 15 is 0 Å². The highest BCUT2D eigenvalue weighted by Gasteiger charge is 2.35. The van der Waals surface area contributed by atoms with Gasteiger partial charge >= 0.3 is 0 Å². The van der Waals surface area contributed by atoms with Crippen LogP contribution in [0.3, 0.4) is 0 Å². The summed E-state index contributed by atoms with van der Waals surface area (Å²) in [6, 6.07) is 27.2. The van der Waals surface area contributed by atoms with E-state index < -0.39 is 0 Å². The fourth-order valence-electron chi connectivity index (χ4n) is 4.48. The summed E-state index contributed by atoms with van der Waals surface area (Å²) in [7, 11) is 0. The molecule has 162 valence electrons. The SMILES string of the molecule is O=C(C1=C(c2cccc(-c3ccccc3)c2)CCNC1)N(Cc1cccc(Cl)c1)C1CC1. The van der Waals surface area contributed by atoms with Crippen molar-refractivity contribution in [2.45, 2.75) is 31.8 Å². The highest BCUT2D eigenvalue weighted by atomic mass is 35.5. The molecular formula is C28H27ClN2O. The smallest absolute Gasteiger partial charge is 0.251 e. The summed E-state index contributed by atoms with van der Waals surface area (Å²) >= 11 is 6.20. The first kappa shape index (κ1) is 21.0. The first-order valence-corrected chi connectivity index (χ1v) is 11.7. The van der Waals surface area contributed by atoms with Gasteiger partial charge < -0.3 is 10.2 Å². The number of rotatable bonds is 6. The Bertz CT molecular complexity index is 1150. The number of hydrogen-bond acceptors (Lipinski definition) is 2. The van der Waals surface area contributed by atoms with Crippen molar-refractivity contribution in [3.8, 4) is 11.1 Å². The zero-order valence-corrected chi connectivity index (χ0v) is 18.8. The van der Waals surface area contributed by atoms with E-state index in [1.807, 2.05) is 30.3 Å². The fourth-order valence-corrected chi connectivity index (χ4v) is 4.70. The van der Waals surface area contributed by atoms with Crippen LogP contribution < -0.4 is 5.32 Å². The Labute approximate surface area is 194 Å². The van der Waals surface area contributed by atoms with E-state index in [0.29, 0.717) is 24.2 Å². The fraction of sp³-hybridized carbons (Fsp3) is 0.250. The highest BCUT2D eigenvalue weighted by molar-refractivity contribution is 6.30. The molecule has 0 bridgehead atoms. The standard InChI is InChI=1S/C28H27ClN2O/c29-24-11-4-6-20(16-24)19-31(25-12-13-25)28(32)27-18-30-15-14-26(27)23-10-5-9-22(17-23)21-7-2-1-3-8-21/h1-11,16-17,25,30H,12-15,18-19H2. The van der Waals surface area contributed by atoms with Crippen LogP contribution in [0, 0.1) is 0 Å². The average molecular weight is 443 g/mol. The summed E-state index contributed by atoms with van der Waals surface area (Å²) in [5, 5.41) is 4.13. The second kappa shape index (κ2) is 9.32. The van der Waals surface area contributed by atoms with Crippen molar-refractivity contribution in [2.24, 2.45) is 0 Å². The summed E-state index contributed by atoms with van der Waals surface area (Å²) in [5.74, 6) is 0.153. The summed E-state index contributed by atoms with van der Waals surface area (Å²) in [6.45, 7) is 2.10. The minimum absolute atomic E-state index is 0.153. The molecule has 4 heteroatoms. The molecule has 0 radical (unpaired) electrons. The number of halogens is 1. The molecule has 1 aliphatic heterocycles. The molecular weight excluding hydrogens is 416 g/mol. The van der Waals surface area contributed by atoms with Crippen molar-refractivity contribution in [1.29, 1.82) is 0 Å². The number of benzene rings is 3. The molecule has 1 fully saturated rings. The summed E-state index contributed by atoms with van der Waals surface area (Å²) in [5.41, 5.74) is 6.67. The van der Waals surface area contributed by atoms with Crippen molar-refractivity contribution in [1.82, 2.24) is 10.2 Å². The first-order valence-electron chi connectivity index (χ1n) is 11.3. The normalized spacial score (nSPS) is 16.2. The lowest BCUT2D eigenvalue weighted by Crippen LogP contribution is -2.39. The topological polar surface area (TPSA) is 32.3 Å². The van der Waals surface area contributed by atoms with Gasteiger partial charge in [-0.3, -0.25) is 4.79 Å². The third kappa shape index (κ3) is 4.64. The molecule has 0 unspecified atom stereocenters. The van der Waals surface area contributed by atoms with Gasteiger partial charge in [-0.05, 0) is 71.8 Å². The lowest BCUT2D eigenvalue weighted by Gasteiger charge is -2.28. The molecule has 0 aromatic heterocycles. The predicted octanol–water partition coefficient (Wildman–Crippen LogP) is 5.95. The zero-order valence-electron chi connectivity index (χ0n) is 18.1. The van der Waals surface area contributed by atoms with Gasteiger partial charge in [0.2, 0.25) is 0 Å². The van der Waals surface area contributed by atoms with Gasteiger partial charge in [0.05, 0.1) is 0 Å². The summed E-state index contributed by atoms with van der Waals surface area (Å²) < 4.78 is 0. The maximum Gasteiger partial charge on any atom is 0.251 e. The summed E-state index contributed by atoms with van der Waals surface area (Å²) in [6.07, 6.45) is 3.01. The van der Waals surface area contributed by atoms with Crippen LogP contribution in [0.15, 0.2) is 84.4 Å². The molecule has 1 N–H and O–H groups in total. The first-order chi connectivity index (χ1) is 15.7. The monoisotopic (exact) mass is 442 g/mol. The van der Waals surface area contributed by atoms with E-state index in [2.05, 4.69) is 58.7 Å². The number of carbonyl (C=O) groups is 1. The molecule has 1 aliphatic carbocycles. The molecule has 0 atom stereocenters. The molecule has 3 aromatic carbocycles. The lowest BCUT2D eigenvalue weighted by molar-refractivity contribution is -0.128. The Morgan fingerprint density at radius 3 is 2.44 bits per heavy atom. The van der Waals surface area contributed by atoms with Crippen molar-refractivity contribution >= 4 is 23.1 Å². The van der Waals surface area contributed by atoms with Crippen LogP contribution in [0.25, 0.3) is 16.7 Å². The van der Waals surface area contributed by atoms with Gasteiger partial charge in [0, 0.05) is 29.7 Å². The van der Waals surface area contributed by atoms with E-state index in [-0.39, 0.29) is 5.91 Å². The Morgan fingerprint density at radius 2 is 1.66 bits per heavy atom. The number of nitrogens with zero attached hydrogens (tertiary/aromatic N) is 1. The van der Waals surface area contributed by atoms with Gasteiger partial charge in [0.1, 0.15) is 0 Å². The molecule has 32 heavy (non-hydrogen) atoms. The van der Waals surface area contributed by atoms with E-state index in [4.69, 9.17) is 11.6 Å². The number of amides is 1. The molecule has 3 aromatic rings. The third-order valence-corrected chi connectivity index (χ3v) is 6.52. The molecule has 1 heterocycles. The number of hydrogen-bond donors (Lipinski definition) is 1. The second-order valence-corrected chi connectivity index (χ2v) is 9.06. The lowest BCUT2D eigenvalue weighted by atomic mass is 9.91. The molecule has 1 amide bonds. The Balaban J connectivity index is 1.49. The van der Waals surface area contributed by atoms with Crippen molar-refractivity contribution < 1.29 is 4.79 Å². The molecule has 2 aliphatic rings. The van der Waals surface area contributed by atoms with Crippen LogP contribution in [0.4, 0.5) is 0 Å². The summed E-state index contributed by atoms with van der Waals surface area (Å²) in [4.78, 5) is 15.9.